The summed E-state index contributed by atoms with van der Waals surface area (Å²) in [5, 5.41) is 8.17. The number of rotatable bonds is 9. The third kappa shape index (κ3) is 4.86. The van der Waals surface area contributed by atoms with E-state index in [0.29, 0.717) is 12.0 Å². The molecule has 0 amide bonds. The monoisotopic (exact) mass is 344 g/mol. The first kappa shape index (κ1) is 17.7. The van der Waals surface area contributed by atoms with Gasteiger partial charge in [0.15, 0.2) is 0 Å². The lowest BCUT2D eigenvalue weighted by Crippen LogP contribution is -2.30. The lowest BCUT2D eigenvalue weighted by atomic mass is 9.94. The van der Waals surface area contributed by atoms with Gasteiger partial charge in [0, 0.05) is 6.54 Å². The number of likely N-dealkylation sites (N-methyl/N-ethyl adjacent to an activating group) is 1. The molecule has 0 saturated heterocycles. The van der Waals surface area contributed by atoms with Gasteiger partial charge in [-0.1, -0.05) is 27.2 Å². The van der Waals surface area contributed by atoms with Gasteiger partial charge in [-0.2, -0.15) is 5.10 Å². The van der Waals surface area contributed by atoms with Crippen molar-refractivity contribution in [1.29, 1.82) is 0 Å². The van der Waals surface area contributed by atoms with Crippen molar-refractivity contribution in [2.75, 3.05) is 27.2 Å². The molecule has 2 unspecified atom stereocenters. The molecule has 1 aromatic rings. The Hall–Kier alpha value is -0.390. The Labute approximate surface area is 132 Å². The van der Waals surface area contributed by atoms with Gasteiger partial charge in [-0.15, -0.1) is 0 Å². The summed E-state index contributed by atoms with van der Waals surface area (Å²) in [5.74, 6) is 0.603. The maximum absolute atomic E-state index is 4.54. The van der Waals surface area contributed by atoms with E-state index in [1.54, 1.807) is 0 Å². The van der Waals surface area contributed by atoms with Gasteiger partial charge in [0.05, 0.1) is 29.0 Å². The molecule has 0 fully saturated rings. The second-order valence-electron chi connectivity index (χ2n) is 5.71. The zero-order valence-electron chi connectivity index (χ0n) is 13.5. The predicted molar refractivity (Wildman–Crippen MR) is 89.0 cm³/mol. The fourth-order valence-electron chi connectivity index (χ4n) is 2.56. The van der Waals surface area contributed by atoms with E-state index >= 15 is 0 Å². The van der Waals surface area contributed by atoms with Crippen LogP contribution >= 0.6 is 15.9 Å². The van der Waals surface area contributed by atoms with Crippen LogP contribution in [0.5, 0.6) is 0 Å². The second-order valence-corrected chi connectivity index (χ2v) is 6.56. The van der Waals surface area contributed by atoms with Crippen LogP contribution in [0.2, 0.25) is 0 Å². The van der Waals surface area contributed by atoms with Crippen molar-refractivity contribution in [2.45, 2.75) is 46.2 Å². The topological polar surface area (TPSA) is 33.1 Å². The van der Waals surface area contributed by atoms with Crippen LogP contribution < -0.4 is 5.32 Å². The van der Waals surface area contributed by atoms with Crippen LogP contribution in [0.25, 0.3) is 0 Å². The molecule has 0 aromatic carbocycles. The Morgan fingerprint density at radius 1 is 1.40 bits per heavy atom. The Morgan fingerprint density at radius 2 is 2.10 bits per heavy atom. The van der Waals surface area contributed by atoms with Crippen LogP contribution in [0.15, 0.2) is 10.7 Å². The smallest absolute Gasteiger partial charge is 0.0698 e. The second kappa shape index (κ2) is 8.80. The molecule has 0 saturated carbocycles. The predicted octanol–water partition coefficient (Wildman–Crippen LogP) is 3.29. The quantitative estimate of drug-likeness (QED) is 0.746. The van der Waals surface area contributed by atoms with Crippen LogP contribution in [0.4, 0.5) is 0 Å². The third-order valence-corrected chi connectivity index (χ3v) is 4.23. The van der Waals surface area contributed by atoms with Crippen LogP contribution in [0, 0.1) is 5.92 Å². The summed E-state index contributed by atoms with van der Waals surface area (Å²) < 4.78 is 3.26. The van der Waals surface area contributed by atoms with E-state index < -0.39 is 0 Å². The number of hydrogen-bond acceptors (Lipinski definition) is 3. The van der Waals surface area contributed by atoms with Crippen molar-refractivity contribution in [2.24, 2.45) is 5.92 Å². The minimum atomic E-state index is 0.360. The first-order chi connectivity index (χ1) is 9.51. The van der Waals surface area contributed by atoms with Gasteiger partial charge in [-0.25, -0.2) is 0 Å². The van der Waals surface area contributed by atoms with E-state index in [1.165, 1.54) is 18.5 Å². The standard InChI is InChI=1S/C15H29BrN4/c1-6-8-12(3)14(17-7-2)15-13(16)11-18-20(15)10-9-19(4)5/h11-12,14,17H,6-10H2,1-5H3. The molecule has 1 aromatic heterocycles. The van der Waals surface area contributed by atoms with E-state index in [2.05, 4.69) is 70.8 Å². The lowest BCUT2D eigenvalue weighted by Gasteiger charge is -2.26. The first-order valence-electron chi connectivity index (χ1n) is 7.60. The molecule has 4 nitrogen and oxygen atoms in total. The molecule has 1 N–H and O–H groups in total. The lowest BCUT2D eigenvalue weighted by molar-refractivity contribution is 0.327. The summed E-state index contributed by atoms with van der Waals surface area (Å²) >= 11 is 3.68. The number of nitrogens with zero attached hydrogens (tertiary/aromatic N) is 3. The highest BCUT2D eigenvalue weighted by Crippen LogP contribution is 2.30. The van der Waals surface area contributed by atoms with Crippen LogP contribution in [-0.4, -0.2) is 41.9 Å². The maximum atomic E-state index is 4.54. The summed E-state index contributed by atoms with van der Waals surface area (Å²) in [7, 11) is 4.19. The summed E-state index contributed by atoms with van der Waals surface area (Å²) in [6, 6.07) is 0.360. The van der Waals surface area contributed by atoms with Crippen molar-refractivity contribution in [1.82, 2.24) is 20.0 Å². The highest BCUT2D eigenvalue weighted by Gasteiger charge is 2.24. The van der Waals surface area contributed by atoms with Gasteiger partial charge < -0.3 is 10.2 Å². The van der Waals surface area contributed by atoms with E-state index in [0.717, 1.165) is 24.1 Å². The molecule has 20 heavy (non-hydrogen) atoms. The summed E-state index contributed by atoms with van der Waals surface area (Å²) in [6.07, 6.45) is 4.36. The largest absolute Gasteiger partial charge is 0.309 e. The maximum Gasteiger partial charge on any atom is 0.0698 e. The Bertz CT molecular complexity index is 389. The third-order valence-electron chi connectivity index (χ3n) is 3.62. The average Bonchev–Trinajstić information content (AvgIpc) is 2.75. The normalized spacial score (nSPS) is 14.8. The summed E-state index contributed by atoms with van der Waals surface area (Å²) in [6.45, 7) is 9.64. The molecule has 0 bridgehead atoms. The Morgan fingerprint density at radius 3 is 2.65 bits per heavy atom. The van der Waals surface area contributed by atoms with E-state index in [-0.39, 0.29) is 0 Å². The number of hydrogen-bond donors (Lipinski definition) is 1. The van der Waals surface area contributed by atoms with Crippen molar-refractivity contribution in [3.63, 3.8) is 0 Å². The first-order valence-corrected chi connectivity index (χ1v) is 8.39. The molecule has 0 spiro atoms. The zero-order valence-corrected chi connectivity index (χ0v) is 15.1. The van der Waals surface area contributed by atoms with Crippen molar-refractivity contribution in [3.05, 3.63) is 16.4 Å². The molecule has 0 radical (unpaired) electrons. The van der Waals surface area contributed by atoms with E-state index in [9.17, 15) is 0 Å². The number of halogens is 1. The number of nitrogens with one attached hydrogen (secondary N) is 1. The molecule has 0 aliphatic carbocycles. The fourth-order valence-corrected chi connectivity index (χ4v) is 3.11. The van der Waals surface area contributed by atoms with Crippen LogP contribution in [0.1, 0.15) is 45.3 Å². The van der Waals surface area contributed by atoms with Gasteiger partial charge in [0.25, 0.3) is 0 Å². The van der Waals surface area contributed by atoms with Gasteiger partial charge in [0.1, 0.15) is 0 Å². The molecule has 1 rings (SSSR count). The number of aromatic nitrogens is 2. The van der Waals surface area contributed by atoms with Crippen molar-refractivity contribution in [3.8, 4) is 0 Å². The molecular weight excluding hydrogens is 316 g/mol. The van der Waals surface area contributed by atoms with Crippen LogP contribution in [0.3, 0.4) is 0 Å². The summed E-state index contributed by atoms with van der Waals surface area (Å²) in [4.78, 5) is 2.19. The highest BCUT2D eigenvalue weighted by atomic mass is 79.9. The van der Waals surface area contributed by atoms with Gasteiger partial charge in [0.2, 0.25) is 0 Å². The molecule has 0 aliphatic heterocycles. The SMILES string of the molecule is CCCC(C)C(NCC)c1c(Br)cnn1CCN(C)C. The van der Waals surface area contributed by atoms with Crippen molar-refractivity contribution < 1.29 is 0 Å². The minimum Gasteiger partial charge on any atom is -0.309 e. The van der Waals surface area contributed by atoms with Gasteiger partial charge in [-0.3, -0.25) is 4.68 Å². The van der Waals surface area contributed by atoms with E-state index in [4.69, 9.17) is 0 Å². The molecule has 0 aliphatic rings. The average molecular weight is 345 g/mol. The molecule has 2 atom stereocenters. The zero-order chi connectivity index (χ0) is 15.1. The van der Waals surface area contributed by atoms with E-state index in [1.807, 2.05) is 6.20 Å². The fraction of sp³-hybridized carbons (Fsp3) is 0.800. The Kier molecular flexibility index (Phi) is 7.77. The molecular formula is C15H29BrN4. The minimum absolute atomic E-state index is 0.360. The van der Waals surface area contributed by atoms with Crippen molar-refractivity contribution >= 4 is 15.9 Å². The van der Waals surface area contributed by atoms with Gasteiger partial charge in [-0.05, 0) is 48.9 Å². The highest BCUT2D eigenvalue weighted by molar-refractivity contribution is 9.10. The summed E-state index contributed by atoms with van der Waals surface area (Å²) in [5.41, 5.74) is 1.29. The molecule has 116 valence electrons. The van der Waals surface area contributed by atoms with Crippen LogP contribution in [-0.2, 0) is 6.54 Å². The molecule has 1 heterocycles. The molecule has 5 heteroatoms. The van der Waals surface area contributed by atoms with Gasteiger partial charge >= 0.3 is 0 Å². The Balaban J connectivity index is 2.96.